The van der Waals surface area contributed by atoms with Gasteiger partial charge in [-0.1, -0.05) is 22.0 Å². The Morgan fingerprint density at radius 3 is 3.05 bits per heavy atom. The molecule has 1 amide bonds. The molecule has 1 saturated carbocycles. The summed E-state index contributed by atoms with van der Waals surface area (Å²) in [5.74, 6) is 0.775. The molecule has 0 radical (unpaired) electrons. The van der Waals surface area contributed by atoms with Crippen molar-refractivity contribution in [2.24, 2.45) is 5.92 Å². The van der Waals surface area contributed by atoms with Gasteiger partial charge in [-0.2, -0.15) is 0 Å². The van der Waals surface area contributed by atoms with E-state index in [2.05, 4.69) is 38.3 Å². The topological polar surface area (TPSA) is 32.3 Å². The van der Waals surface area contributed by atoms with Crippen LogP contribution >= 0.6 is 27.3 Å². The number of hydrogen-bond donors (Lipinski definition) is 1. The Labute approximate surface area is 141 Å². The number of thiophene rings is 1. The first-order chi connectivity index (χ1) is 10.7. The molecule has 1 N–H and O–H groups in total. The number of halogens is 1. The highest BCUT2D eigenvalue weighted by atomic mass is 79.9. The molecule has 3 fully saturated rings. The van der Waals surface area contributed by atoms with Crippen molar-refractivity contribution in [3.63, 3.8) is 0 Å². The summed E-state index contributed by atoms with van der Waals surface area (Å²) in [7, 11) is 0. The van der Waals surface area contributed by atoms with Gasteiger partial charge in [0.1, 0.15) is 0 Å². The summed E-state index contributed by atoms with van der Waals surface area (Å²) in [6.07, 6.45) is 3.76. The molecule has 114 valence electrons. The minimum absolute atomic E-state index is 0.113. The minimum Gasteiger partial charge on any atom is -0.346 e. The van der Waals surface area contributed by atoms with E-state index in [1.807, 2.05) is 12.1 Å². The largest absolute Gasteiger partial charge is 0.346 e. The predicted octanol–water partition coefficient (Wildman–Crippen LogP) is 3.63. The van der Waals surface area contributed by atoms with Crippen molar-refractivity contribution in [3.05, 3.63) is 33.6 Å². The van der Waals surface area contributed by atoms with Crippen LogP contribution in [0.2, 0.25) is 0 Å². The molecule has 3 unspecified atom stereocenters. The average Bonchev–Trinajstić information content (AvgIpc) is 2.87. The fourth-order valence-corrected chi connectivity index (χ4v) is 5.95. The average molecular weight is 377 g/mol. The van der Waals surface area contributed by atoms with Crippen LogP contribution in [0.1, 0.15) is 28.9 Å². The number of hydrogen-bond acceptors (Lipinski definition) is 3. The van der Waals surface area contributed by atoms with Crippen molar-refractivity contribution >= 4 is 43.3 Å². The molecule has 1 aromatic heterocycles. The van der Waals surface area contributed by atoms with Crippen molar-refractivity contribution < 1.29 is 4.79 Å². The SMILES string of the molecule is O=C(NC1C2CCN(C2)C12CC2)c1cc2ccc(Br)cc2s1. The Kier molecular flexibility index (Phi) is 2.80. The smallest absolute Gasteiger partial charge is 0.261 e. The van der Waals surface area contributed by atoms with Gasteiger partial charge in [-0.25, -0.2) is 0 Å². The monoisotopic (exact) mass is 376 g/mol. The standard InChI is InChI=1S/C17H17BrN2OS/c18-12-2-1-10-7-14(22-13(10)8-12)16(21)19-15-11-3-6-20(9-11)17(15)4-5-17/h1-2,7-8,11,15H,3-6,9H2,(H,19,21). The van der Waals surface area contributed by atoms with Crippen molar-refractivity contribution in [2.45, 2.75) is 30.8 Å². The molecule has 2 saturated heterocycles. The van der Waals surface area contributed by atoms with Crippen LogP contribution in [-0.2, 0) is 0 Å². The van der Waals surface area contributed by atoms with Crippen LogP contribution in [0.15, 0.2) is 28.7 Å². The zero-order valence-corrected chi connectivity index (χ0v) is 14.5. The van der Waals surface area contributed by atoms with Crippen LogP contribution in [0.3, 0.4) is 0 Å². The fourth-order valence-electron chi connectivity index (χ4n) is 4.44. The predicted molar refractivity (Wildman–Crippen MR) is 92.4 cm³/mol. The molecule has 1 aliphatic carbocycles. The third-order valence-electron chi connectivity index (χ3n) is 5.66. The summed E-state index contributed by atoms with van der Waals surface area (Å²) in [6.45, 7) is 2.41. The number of fused-ring (bicyclic) bond motifs is 4. The van der Waals surface area contributed by atoms with Gasteiger partial charge in [0, 0.05) is 21.3 Å². The number of carbonyl (C=O) groups is 1. The molecule has 3 atom stereocenters. The van der Waals surface area contributed by atoms with Crippen LogP contribution in [0.5, 0.6) is 0 Å². The molecule has 1 spiro atoms. The molecule has 5 heteroatoms. The number of rotatable bonds is 2. The maximum absolute atomic E-state index is 12.7. The molecular weight excluding hydrogens is 360 g/mol. The highest BCUT2D eigenvalue weighted by molar-refractivity contribution is 9.10. The second-order valence-corrected chi connectivity index (χ2v) is 8.84. The van der Waals surface area contributed by atoms with Gasteiger partial charge in [0.2, 0.25) is 0 Å². The molecular formula is C17H17BrN2OS. The van der Waals surface area contributed by atoms with Gasteiger partial charge >= 0.3 is 0 Å². The zero-order valence-electron chi connectivity index (χ0n) is 12.1. The maximum Gasteiger partial charge on any atom is 0.261 e. The third-order valence-corrected chi connectivity index (χ3v) is 7.25. The lowest BCUT2D eigenvalue weighted by Crippen LogP contribution is -2.51. The lowest BCUT2D eigenvalue weighted by Gasteiger charge is -2.33. The van der Waals surface area contributed by atoms with Crippen molar-refractivity contribution in [3.8, 4) is 0 Å². The summed E-state index contributed by atoms with van der Waals surface area (Å²) in [6, 6.07) is 8.57. The van der Waals surface area contributed by atoms with Crippen LogP contribution in [0, 0.1) is 5.92 Å². The molecule has 3 aliphatic rings. The number of carbonyl (C=O) groups excluding carboxylic acids is 1. The van der Waals surface area contributed by atoms with Gasteiger partial charge in [0.25, 0.3) is 5.91 Å². The summed E-state index contributed by atoms with van der Waals surface area (Å²) in [5.41, 5.74) is 0.318. The Morgan fingerprint density at radius 2 is 2.23 bits per heavy atom. The first-order valence-corrected chi connectivity index (χ1v) is 9.52. The minimum atomic E-state index is 0.113. The number of nitrogens with zero attached hydrogens (tertiary/aromatic N) is 1. The summed E-state index contributed by atoms with van der Waals surface area (Å²) < 4.78 is 2.23. The van der Waals surface area contributed by atoms with Crippen LogP contribution in [-0.4, -0.2) is 35.5 Å². The first kappa shape index (κ1) is 13.5. The normalized spacial score (nSPS) is 31.0. The molecule has 2 aliphatic heterocycles. The van der Waals surface area contributed by atoms with Crippen molar-refractivity contribution in [1.82, 2.24) is 10.2 Å². The third kappa shape index (κ3) is 1.85. The lowest BCUT2D eigenvalue weighted by molar-refractivity contribution is 0.0896. The number of benzene rings is 1. The Bertz CT molecular complexity index is 782. The molecule has 3 heterocycles. The highest BCUT2D eigenvalue weighted by Gasteiger charge is 2.63. The van der Waals surface area contributed by atoms with E-state index in [-0.39, 0.29) is 5.91 Å². The quantitative estimate of drug-likeness (QED) is 0.867. The molecule has 22 heavy (non-hydrogen) atoms. The van der Waals surface area contributed by atoms with Gasteiger partial charge in [-0.3, -0.25) is 9.69 Å². The van der Waals surface area contributed by atoms with Crippen LogP contribution < -0.4 is 5.32 Å². The number of amides is 1. The second-order valence-electron chi connectivity index (χ2n) is 6.84. The van der Waals surface area contributed by atoms with Gasteiger partial charge in [0.15, 0.2) is 0 Å². The zero-order chi connectivity index (χ0) is 14.9. The maximum atomic E-state index is 12.7. The van der Waals surface area contributed by atoms with E-state index < -0.39 is 0 Å². The van der Waals surface area contributed by atoms with E-state index in [1.165, 1.54) is 32.4 Å². The van der Waals surface area contributed by atoms with E-state index in [0.29, 0.717) is 17.5 Å². The highest BCUT2D eigenvalue weighted by Crippen LogP contribution is 2.55. The van der Waals surface area contributed by atoms with E-state index in [4.69, 9.17) is 0 Å². The van der Waals surface area contributed by atoms with Crippen molar-refractivity contribution in [1.29, 1.82) is 0 Å². The molecule has 5 rings (SSSR count). The van der Waals surface area contributed by atoms with E-state index in [1.54, 1.807) is 11.3 Å². The van der Waals surface area contributed by atoms with Crippen LogP contribution in [0.25, 0.3) is 10.1 Å². The molecule has 1 aromatic carbocycles. The van der Waals surface area contributed by atoms with Gasteiger partial charge < -0.3 is 5.32 Å². The number of piperidine rings is 1. The van der Waals surface area contributed by atoms with Gasteiger partial charge in [0.05, 0.1) is 10.9 Å². The summed E-state index contributed by atoms with van der Waals surface area (Å²) in [4.78, 5) is 16.2. The number of nitrogens with one attached hydrogen (secondary N) is 1. The van der Waals surface area contributed by atoms with E-state index in [9.17, 15) is 4.79 Å². The Balaban J connectivity index is 1.42. The summed E-state index contributed by atoms with van der Waals surface area (Å²) >= 11 is 5.08. The van der Waals surface area contributed by atoms with E-state index in [0.717, 1.165) is 19.4 Å². The first-order valence-electron chi connectivity index (χ1n) is 7.91. The van der Waals surface area contributed by atoms with E-state index >= 15 is 0 Å². The van der Waals surface area contributed by atoms with Crippen molar-refractivity contribution in [2.75, 3.05) is 13.1 Å². The van der Waals surface area contributed by atoms with Crippen LogP contribution in [0.4, 0.5) is 0 Å². The molecule has 3 nitrogen and oxygen atoms in total. The van der Waals surface area contributed by atoms with Gasteiger partial charge in [-0.15, -0.1) is 11.3 Å². The molecule has 2 aromatic rings. The Hall–Kier alpha value is -0.910. The summed E-state index contributed by atoms with van der Waals surface area (Å²) in [5, 5.41) is 4.52. The lowest BCUT2D eigenvalue weighted by atomic mass is 9.92. The second kappa shape index (κ2) is 4.56. The van der Waals surface area contributed by atoms with Gasteiger partial charge in [-0.05, 0) is 55.3 Å². The Morgan fingerprint density at radius 1 is 1.36 bits per heavy atom. The molecule has 2 bridgehead atoms. The fraction of sp³-hybridized carbons (Fsp3) is 0.471.